The Morgan fingerprint density at radius 1 is 1.21 bits per heavy atom. The van der Waals surface area contributed by atoms with Gasteiger partial charge in [-0.05, 0) is 36.5 Å². The third-order valence-electron chi connectivity index (χ3n) is 5.10. The number of allylic oxidation sites excluding steroid dienone is 2. The quantitative estimate of drug-likeness (QED) is 0.590. The van der Waals surface area contributed by atoms with Gasteiger partial charge in [0.2, 0.25) is 0 Å². The number of carbonyl (C=O) groups is 1. The molecule has 0 bridgehead atoms. The number of thioether (sulfide) groups is 1. The molecule has 1 aliphatic carbocycles. The zero-order chi connectivity index (χ0) is 19.8. The van der Waals surface area contributed by atoms with Crippen LogP contribution in [-0.2, 0) is 14.1 Å². The van der Waals surface area contributed by atoms with Crippen molar-refractivity contribution in [3.8, 4) is 0 Å². The van der Waals surface area contributed by atoms with E-state index in [4.69, 9.17) is 12.2 Å². The first kappa shape index (κ1) is 19.0. The molecular weight excluding hydrogens is 390 g/mol. The minimum absolute atomic E-state index is 0.0908. The van der Waals surface area contributed by atoms with Crippen molar-refractivity contribution in [3.05, 3.63) is 73.4 Å². The number of nitrogens with zero attached hydrogens (tertiary/aromatic N) is 2. The van der Waals surface area contributed by atoms with Crippen molar-refractivity contribution in [2.24, 2.45) is 14.1 Å². The molecule has 0 unspecified atom stereocenters. The zero-order valence-electron chi connectivity index (χ0n) is 15.8. The summed E-state index contributed by atoms with van der Waals surface area (Å²) in [6.07, 6.45) is 8.13. The van der Waals surface area contributed by atoms with Crippen molar-refractivity contribution in [1.29, 1.82) is 0 Å². The SMILES string of the molecule is Cn1c2c(c(=S)n(C)c1=O)NC(SCC(=O)c1ccc(C3CC3)cc1)=CC=C2. The number of aromatic nitrogens is 2. The molecule has 0 radical (unpaired) electrons. The van der Waals surface area contributed by atoms with Gasteiger partial charge in [-0.1, -0.05) is 42.6 Å². The molecule has 28 heavy (non-hydrogen) atoms. The highest BCUT2D eigenvalue weighted by molar-refractivity contribution is 8.03. The van der Waals surface area contributed by atoms with Gasteiger partial charge in [0.25, 0.3) is 0 Å². The number of nitrogens with one attached hydrogen (secondary N) is 1. The molecule has 2 aliphatic rings. The van der Waals surface area contributed by atoms with Crippen molar-refractivity contribution in [2.75, 3.05) is 11.1 Å². The standard InChI is InChI=1S/C21H21N3O2S2/c1-23-16-4-3-5-18(22-19(16)20(27)24(2)21(23)26)28-12-17(25)15-10-8-14(9-11-15)13-6-7-13/h3-5,8-11,13,22H,6-7,12H2,1-2H3. The molecule has 4 rings (SSSR count). The van der Waals surface area contributed by atoms with Crippen LogP contribution in [0.3, 0.4) is 0 Å². The molecule has 5 nitrogen and oxygen atoms in total. The summed E-state index contributed by atoms with van der Waals surface area (Å²) < 4.78 is 3.44. The number of ketones is 1. The number of hydrogen-bond donors (Lipinski definition) is 1. The molecule has 0 spiro atoms. The van der Waals surface area contributed by atoms with E-state index < -0.39 is 0 Å². The number of rotatable bonds is 5. The molecule has 2 heterocycles. The van der Waals surface area contributed by atoms with E-state index >= 15 is 0 Å². The van der Waals surface area contributed by atoms with E-state index in [-0.39, 0.29) is 11.5 Å². The number of fused-ring (bicyclic) bond motifs is 1. The van der Waals surface area contributed by atoms with E-state index in [1.165, 1.54) is 34.7 Å². The van der Waals surface area contributed by atoms with Crippen LogP contribution in [0.5, 0.6) is 0 Å². The average Bonchev–Trinajstić information content (AvgIpc) is 3.56. The summed E-state index contributed by atoms with van der Waals surface area (Å²) in [5.74, 6) is 1.11. The second-order valence-corrected chi connectivity index (χ2v) is 8.49. The Kier molecular flexibility index (Phi) is 5.12. The van der Waals surface area contributed by atoms with Crippen LogP contribution in [0.25, 0.3) is 6.08 Å². The zero-order valence-corrected chi connectivity index (χ0v) is 17.4. The maximum absolute atomic E-state index is 12.6. The third kappa shape index (κ3) is 3.64. The number of hydrogen-bond acceptors (Lipinski definition) is 5. The minimum Gasteiger partial charge on any atom is -0.346 e. The highest BCUT2D eigenvalue weighted by Crippen LogP contribution is 2.40. The summed E-state index contributed by atoms with van der Waals surface area (Å²) in [6.45, 7) is 0. The molecule has 1 saturated carbocycles. The van der Waals surface area contributed by atoms with Crippen LogP contribution in [0, 0.1) is 4.64 Å². The largest absolute Gasteiger partial charge is 0.346 e. The van der Waals surface area contributed by atoms with Gasteiger partial charge >= 0.3 is 5.69 Å². The highest BCUT2D eigenvalue weighted by Gasteiger charge is 2.23. The summed E-state index contributed by atoms with van der Waals surface area (Å²) in [5, 5.41) is 4.12. The second kappa shape index (κ2) is 7.56. The first-order valence-electron chi connectivity index (χ1n) is 9.17. The molecule has 0 saturated heterocycles. The molecule has 1 aromatic heterocycles. The number of anilines is 1. The molecular formula is C21H21N3O2S2. The van der Waals surface area contributed by atoms with Gasteiger partial charge in [-0.3, -0.25) is 13.9 Å². The summed E-state index contributed by atoms with van der Waals surface area (Å²) in [7, 11) is 3.38. The topological polar surface area (TPSA) is 56.0 Å². The van der Waals surface area contributed by atoms with Crippen molar-refractivity contribution in [3.63, 3.8) is 0 Å². The third-order valence-corrected chi connectivity index (χ3v) is 6.53. The lowest BCUT2D eigenvalue weighted by Gasteiger charge is -2.15. The fourth-order valence-electron chi connectivity index (χ4n) is 3.23. The molecule has 0 amide bonds. The molecule has 1 aliphatic heterocycles. The monoisotopic (exact) mass is 411 g/mol. The summed E-state index contributed by atoms with van der Waals surface area (Å²) in [5.41, 5.74) is 3.32. The maximum atomic E-state index is 12.6. The normalized spacial score (nSPS) is 15.4. The fraction of sp³-hybridized carbons (Fsp3) is 0.286. The Morgan fingerprint density at radius 3 is 2.61 bits per heavy atom. The highest BCUT2D eigenvalue weighted by atomic mass is 32.2. The van der Waals surface area contributed by atoms with Crippen LogP contribution < -0.4 is 11.0 Å². The van der Waals surface area contributed by atoms with Crippen molar-refractivity contribution in [2.45, 2.75) is 18.8 Å². The Hall–Kier alpha value is -2.38. The van der Waals surface area contributed by atoms with E-state index in [2.05, 4.69) is 17.4 Å². The van der Waals surface area contributed by atoms with Gasteiger partial charge in [-0.25, -0.2) is 4.79 Å². The Balaban J connectivity index is 1.48. The van der Waals surface area contributed by atoms with Crippen LogP contribution in [0.1, 0.15) is 40.4 Å². The number of benzene rings is 1. The lowest BCUT2D eigenvalue weighted by Crippen LogP contribution is -2.30. The summed E-state index contributed by atoms with van der Waals surface area (Å²) >= 11 is 6.87. The van der Waals surface area contributed by atoms with Crippen molar-refractivity contribution < 1.29 is 4.79 Å². The van der Waals surface area contributed by atoms with Gasteiger partial charge in [-0.15, -0.1) is 11.8 Å². The van der Waals surface area contributed by atoms with Crippen LogP contribution in [0.15, 0.2) is 46.2 Å². The van der Waals surface area contributed by atoms with Crippen molar-refractivity contribution in [1.82, 2.24) is 9.13 Å². The van der Waals surface area contributed by atoms with E-state index in [0.717, 1.165) is 16.3 Å². The smallest absolute Gasteiger partial charge is 0.329 e. The van der Waals surface area contributed by atoms with Gasteiger partial charge in [0.05, 0.1) is 22.2 Å². The van der Waals surface area contributed by atoms with Crippen LogP contribution in [-0.4, -0.2) is 20.7 Å². The lowest BCUT2D eigenvalue weighted by molar-refractivity contribution is 0.102. The Labute approximate surface area is 172 Å². The van der Waals surface area contributed by atoms with Gasteiger partial charge in [-0.2, -0.15) is 0 Å². The Bertz CT molecular complexity index is 1120. The molecule has 1 aromatic carbocycles. The molecule has 7 heteroatoms. The van der Waals surface area contributed by atoms with E-state index in [1.807, 2.05) is 30.4 Å². The molecule has 0 atom stereocenters. The van der Waals surface area contributed by atoms with Crippen molar-refractivity contribution >= 4 is 41.5 Å². The first-order chi connectivity index (χ1) is 13.5. The first-order valence-corrected chi connectivity index (χ1v) is 10.6. The fourth-order valence-corrected chi connectivity index (χ4v) is 4.27. The lowest BCUT2D eigenvalue weighted by atomic mass is 10.1. The summed E-state index contributed by atoms with van der Waals surface area (Å²) in [4.78, 5) is 24.8. The predicted octanol–water partition coefficient (Wildman–Crippen LogP) is 4.23. The second-order valence-electron chi connectivity index (χ2n) is 7.09. The number of carbonyl (C=O) groups excluding carboxylic acids is 1. The minimum atomic E-state index is -0.170. The van der Waals surface area contributed by atoms with Crippen LogP contribution >= 0.6 is 24.0 Å². The maximum Gasteiger partial charge on any atom is 0.329 e. The Morgan fingerprint density at radius 2 is 1.93 bits per heavy atom. The molecule has 144 valence electrons. The summed E-state index contributed by atoms with van der Waals surface area (Å²) in [6, 6.07) is 8.00. The van der Waals surface area contributed by atoms with Crippen LogP contribution in [0.2, 0.25) is 0 Å². The van der Waals surface area contributed by atoms with E-state index in [9.17, 15) is 9.59 Å². The van der Waals surface area contributed by atoms with E-state index in [0.29, 0.717) is 22.0 Å². The molecule has 2 aromatic rings. The van der Waals surface area contributed by atoms with Gasteiger partial charge in [0.15, 0.2) is 5.78 Å². The van der Waals surface area contributed by atoms with Gasteiger partial charge in [0, 0.05) is 19.7 Å². The average molecular weight is 412 g/mol. The molecule has 1 fully saturated rings. The van der Waals surface area contributed by atoms with E-state index in [1.54, 1.807) is 18.7 Å². The van der Waals surface area contributed by atoms with Crippen LogP contribution in [0.4, 0.5) is 5.69 Å². The molecule has 1 N–H and O–H groups in total. The van der Waals surface area contributed by atoms with Gasteiger partial charge in [0.1, 0.15) is 4.64 Å². The number of Topliss-reactive ketones (excluding diaryl/α,β-unsaturated/α-hetero) is 1. The van der Waals surface area contributed by atoms with Gasteiger partial charge < -0.3 is 5.32 Å². The predicted molar refractivity (Wildman–Crippen MR) is 117 cm³/mol.